The summed E-state index contributed by atoms with van der Waals surface area (Å²) in [5.41, 5.74) is 0. The first kappa shape index (κ1) is 43.8. The van der Waals surface area contributed by atoms with Crippen molar-refractivity contribution in [3.8, 4) is 0 Å². The topological polar surface area (TPSA) is 120 Å². The van der Waals surface area contributed by atoms with Gasteiger partial charge in [0.1, 0.15) is 0 Å². The summed E-state index contributed by atoms with van der Waals surface area (Å²) in [6, 6.07) is 0. The second-order valence-electron chi connectivity index (χ2n) is 0.0833. The number of hydrogen-bond acceptors (Lipinski definition) is 2. The molecule has 8 heavy (non-hydrogen) atoms. The third kappa shape index (κ3) is 63.4. The van der Waals surface area contributed by atoms with Gasteiger partial charge >= 0.3 is 111 Å². The Morgan fingerprint density at radius 2 is 0.750 bits per heavy atom. The van der Waals surface area contributed by atoms with Crippen molar-refractivity contribution in [3.63, 3.8) is 0 Å². The normalized spacial score (nSPS) is 1.00. The van der Waals surface area contributed by atoms with Crippen LogP contribution in [0.15, 0.2) is 0 Å². The van der Waals surface area contributed by atoms with Crippen LogP contribution in [-0.2, 0) is 22.6 Å². The molecule has 0 amide bonds. The van der Waals surface area contributed by atoms with Crippen LogP contribution in [0.2, 0.25) is 0 Å². The maximum absolute atomic E-state index is 8.54. The fourth-order valence-corrected chi connectivity index (χ4v) is 0. The van der Waals surface area contributed by atoms with E-state index in [0.29, 0.717) is 0 Å². The van der Waals surface area contributed by atoms with Crippen LogP contribution >= 0.6 is 0 Å². The second-order valence-corrected chi connectivity index (χ2v) is 0.559. The third-order valence-corrected chi connectivity index (χ3v) is 0. The van der Waals surface area contributed by atoms with Crippen LogP contribution in [0.25, 0.3) is 0 Å². The van der Waals surface area contributed by atoms with E-state index >= 15 is 0 Å². The zero-order valence-electron chi connectivity index (χ0n) is 3.54. The summed E-state index contributed by atoms with van der Waals surface area (Å²) in [7, 11) is 0. The van der Waals surface area contributed by atoms with E-state index in [1.54, 1.807) is 0 Å². The maximum atomic E-state index is 8.54. The molecule has 8 heteroatoms. The van der Waals surface area contributed by atoms with Gasteiger partial charge < -0.3 is 16.4 Å². The molecule has 0 saturated carbocycles. The molecule has 0 aliphatic rings. The van der Waals surface area contributed by atoms with E-state index in [9.17, 15) is 0 Å². The second kappa shape index (κ2) is 50.3. The molecule has 5 nitrogen and oxygen atoms in total. The summed E-state index contributed by atoms with van der Waals surface area (Å²) < 4.78 is 17.1. The summed E-state index contributed by atoms with van der Waals surface area (Å²) in [5.74, 6) is 0. The van der Waals surface area contributed by atoms with Crippen molar-refractivity contribution in [2.45, 2.75) is 0 Å². The van der Waals surface area contributed by atoms with E-state index in [1.165, 1.54) is 0 Å². The molecule has 0 rings (SSSR count). The van der Waals surface area contributed by atoms with Crippen molar-refractivity contribution in [2.75, 3.05) is 0 Å². The van der Waals surface area contributed by atoms with Crippen molar-refractivity contribution in [2.24, 2.45) is 0 Å². The molecule has 0 atom stereocenters. The first-order valence-corrected chi connectivity index (χ1v) is 2.74. The summed E-state index contributed by atoms with van der Waals surface area (Å²) in [6.07, 6.45) is 0. The Morgan fingerprint density at radius 3 is 0.750 bits per heavy atom. The van der Waals surface area contributed by atoms with E-state index in [-0.39, 0.29) is 99.9 Å². The molecule has 0 aromatic heterocycles. The summed E-state index contributed by atoms with van der Waals surface area (Å²) in [6.45, 7) is 0. The van der Waals surface area contributed by atoms with E-state index in [1.807, 2.05) is 0 Å². The average molecular weight is 479 g/mol. The quantitative estimate of drug-likeness (QED) is 0.416. The molecule has 0 heterocycles. The van der Waals surface area contributed by atoms with Crippen molar-refractivity contribution in [1.82, 2.24) is 0 Å². The van der Waals surface area contributed by atoms with Gasteiger partial charge in [-0.25, -0.2) is 0 Å². The molecule has 0 aromatic carbocycles. The summed E-state index contributed by atoms with van der Waals surface area (Å²) in [5, 5.41) is 0. The fraction of sp³-hybridized carbons (Fsp3) is 0. The number of rotatable bonds is 0. The van der Waals surface area contributed by atoms with Crippen LogP contribution in [0, 0.1) is 83.5 Å². The summed E-state index contributed by atoms with van der Waals surface area (Å²) in [4.78, 5) is 0. The van der Waals surface area contributed by atoms with Gasteiger partial charge in [-0.1, -0.05) is 0 Å². The van der Waals surface area contributed by atoms with Crippen molar-refractivity contribution in [3.05, 3.63) is 0 Å². The van der Waals surface area contributed by atoms with Gasteiger partial charge in [0.15, 0.2) is 0 Å². The van der Waals surface area contributed by atoms with Gasteiger partial charge in [-0.3, -0.25) is 0 Å². The van der Waals surface area contributed by atoms with Crippen molar-refractivity contribution >= 4 is 21.1 Å². The monoisotopic (exact) mass is 480 g/mol. The summed E-state index contributed by atoms with van der Waals surface area (Å²) >= 11 is -2.27. The molecule has 0 saturated heterocycles. The Balaban J connectivity index is -0.00000000200. The van der Waals surface area contributed by atoms with Gasteiger partial charge in [0.2, 0.25) is 0 Å². The van der Waals surface area contributed by atoms with Gasteiger partial charge in [0, 0.05) is 0 Å². The molecule has 0 unspecified atom stereocenters. The Kier molecular flexibility index (Phi) is 276. The molecule has 0 N–H and O–H groups in total. The van der Waals surface area contributed by atoms with Gasteiger partial charge in [-0.05, 0) is 0 Å². The van der Waals surface area contributed by atoms with E-state index in [4.69, 9.17) is 6.15 Å². The molecule has 0 aliphatic carbocycles. The Labute approximate surface area is 124 Å². The first-order valence-electron chi connectivity index (χ1n) is 0.408. The van der Waals surface area contributed by atoms with Gasteiger partial charge in [0.05, 0.1) is 0 Å². The zero-order valence-corrected chi connectivity index (χ0v) is 12.7. The predicted molar refractivity (Wildman–Crippen MR) is 9.19 cm³/mol. The van der Waals surface area contributed by atoms with Crippen LogP contribution in [0.3, 0.4) is 0 Å². The Morgan fingerprint density at radius 1 is 0.750 bits per heavy atom. The van der Waals surface area contributed by atoms with Gasteiger partial charge in [0.25, 0.3) is 0 Å². The molecule has 42 valence electrons. The third-order valence-electron chi connectivity index (χ3n) is 0. The van der Waals surface area contributed by atoms with Gasteiger partial charge in [-0.2, -0.15) is 0 Å². The molecule has 0 spiro atoms. The van der Waals surface area contributed by atoms with Crippen LogP contribution in [0.4, 0.5) is 0 Å². The van der Waals surface area contributed by atoms with Crippen molar-refractivity contribution < 1.29 is 106 Å². The molecule has 0 fully saturated rings. The minimum absolute atomic E-state index is 0. The van der Waals surface area contributed by atoms with Gasteiger partial charge in [-0.15, -0.1) is 0 Å². The fourth-order valence-electron chi connectivity index (χ4n) is 0. The van der Waals surface area contributed by atoms with Crippen LogP contribution in [0.1, 0.15) is 0 Å². The van der Waals surface area contributed by atoms with E-state index in [2.05, 4.69) is 0 Å². The zero-order chi connectivity index (χ0) is 2.71. The average Bonchev–Trinajstić information content (AvgIpc) is 0.918. The van der Waals surface area contributed by atoms with E-state index in [0.717, 1.165) is 0 Å². The molecular formula is Ce2O5Sn. The molecule has 0 bridgehead atoms. The standard InChI is InChI=1S/2Ce.5O.Sn/q2*+3;;;3*-2;. The van der Waals surface area contributed by atoms with Crippen LogP contribution in [-0.4, -0.2) is 21.1 Å². The van der Waals surface area contributed by atoms with Crippen LogP contribution < -0.4 is 0 Å². The molecular weight excluding hydrogens is 479 g/mol. The molecule has 0 aliphatic heterocycles. The Bertz CT molecular complexity index is 31.4. The van der Waals surface area contributed by atoms with Crippen LogP contribution in [0.5, 0.6) is 0 Å². The van der Waals surface area contributed by atoms with E-state index < -0.39 is 21.1 Å². The molecule has 0 aromatic rings. The SMILES string of the molecule is [Ce+3].[Ce+3].[O-2].[O-2].[O-2].[O]=[Sn]=[O]. The minimum atomic E-state index is -2.27. The Hall–Kier alpha value is 3.03. The molecule has 2 radical (unpaired) electrons. The predicted octanol–water partition coefficient (Wildman–Crippen LogP) is -0.975. The first-order chi connectivity index (χ1) is 1.41. The number of hydrogen-bond donors (Lipinski definition) is 0. The van der Waals surface area contributed by atoms with Crippen molar-refractivity contribution in [1.29, 1.82) is 0 Å².